The molecule has 3 unspecified atom stereocenters. The highest BCUT2D eigenvalue weighted by Crippen LogP contribution is 2.86. The number of hydrogen-bond acceptors (Lipinski definition) is 7. The number of ether oxygens (including phenoxy) is 1. The number of unbranched alkanes of at least 4 members (excludes halogenated alkanes) is 2. The van der Waals surface area contributed by atoms with Gasteiger partial charge in [0.2, 0.25) is 0 Å². The largest absolute Gasteiger partial charge is 0.496 e. The number of aliphatic imine (C=N–C) groups is 1. The van der Waals surface area contributed by atoms with Crippen molar-refractivity contribution in [1.29, 1.82) is 10.5 Å². The average molecular weight is 429 g/mol. The minimum Gasteiger partial charge on any atom is -0.496 e. The molecule has 0 amide bonds. The van der Waals surface area contributed by atoms with Crippen molar-refractivity contribution in [2.45, 2.75) is 49.7 Å². The smallest absolute Gasteiger partial charge is 0.175 e. The first-order valence-corrected chi connectivity index (χ1v) is 12.1. The number of methoxy groups -OCH3 is 1. The molecule has 1 aliphatic carbocycles. The molecule has 1 aromatic carbocycles. The van der Waals surface area contributed by atoms with Crippen molar-refractivity contribution < 1.29 is 4.74 Å². The van der Waals surface area contributed by atoms with Crippen LogP contribution in [0.25, 0.3) is 0 Å². The topological polar surface area (TPSA) is 95.2 Å². The molecule has 154 valence electrons. The Labute approximate surface area is 182 Å². The zero-order valence-corrected chi connectivity index (χ0v) is 18.9. The molecule has 1 aliphatic heterocycles. The Morgan fingerprint density at radius 3 is 2.24 bits per heavy atom. The van der Waals surface area contributed by atoms with Crippen molar-refractivity contribution in [3.8, 4) is 17.9 Å². The Kier molecular flexibility index (Phi) is 6.41. The van der Waals surface area contributed by atoms with Gasteiger partial charge in [0.1, 0.15) is 22.4 Å². The normalized spacial score (nSPS) is 28.7. The van der Waals surface area contributed by atoms with Crippen LogP contribution >= 0.6 is 23.5 Å². The number of nitrogens with zero attached hydrogens (tertiary/aromatic N) is 3. The van der Waals surface area contributed by atoms with Crippen molar-refractivity contribution in [3.05, 3.63) is 29.8 Å². The van der Waals surface area contributed by atoms with Gasteiger partial charge in [0.05, 0.1) is 19.2 Å². The van der Waals surface area contributed by atoms with Gasteiger partial charge in [0.25, 0.3) is 0 Å². The minimum absolute atomic E-state index is 0.297. The highest BCUT2D eigenvalue weighted by Gasteiger charge is 2.92. The highest BCUT2D eigenvalue weighted by molar-refractivity contribution is 8.18. The summed E-state index contributed by atoms with van der Waals surface area (Å²) in [4.78, 5) is 4.85. The third-order valence-corrected chi connectivity index (χ3v) is 9.27. The molecule has 5 nitrogen and oxygen atoms in total. The molecule has 0 bridgehead atoms. The predicted molar refractivity (Wildman–Crippen MR) is 121 cm³/mol. The van der Waals surface area contributed by atoms with Gasteiger partial charge in [0, 0.05) is 11.5 Å². The molecule has 0 radical (unpaired) electrons. The van der Waals surface area contributed by atoms with Gasteiger partial charge in [-0.05, 0) is 30.4 Å². The third-order valence-electron chi connectivity index (χ3n) is 5.97. The third kappa shape index (κ3) is 2.94. The molecule has 7 heteroatoms. The van der Waals surface area contributed by atoms with Crippen LogP contribution in [0.15, 0.2) is 29.3 Å². The number of amidine groups is 1. The van der Waals surface area contributed by atoms with Crippen molar-refractivity contribution >= 4 is 29.4 Å². The van der Waals surface area contributed by atoms with Crippen LogP contribution in [0.1, 0.15) is 51.0 Å². The maximum Gasteiger partial charge on any atom is 0.175 e. The zero-order valence-electron chi connectivity index (χ0n) is 17.3. The average Bonchev–Trinajstić information content (AvgIpc) is 3.32. The van der Waals surface area contributed by atoms with Crippen LogP contribution in [0.3, 0.4) is 0 Å². The van der Waals surface area contributed by atoms with Gasteiger partial charge >= 0.3 is 0 Å². The summed E-state index contributed by atoms with van der Waals surface area (Å²) < 4.78 is 4.81. The van der Waals surface area contributed by atoms with Gasteiger partial charge < -0.3 is 10.5 Å². The lowest BCUT2D eigenvalue weighted by Crippen LogP contribution is -2.32. The molecule has 0 aromatic heterocycles. The number of thioether (sulfide) groups is 2. The van der Waals surface area contributed by atoms with Crippen LogP contribution < -0.4 is 10.5 Å². The molecule has 3 atom stereocenters. The second-order valence-electron chi connectivity index (χ2n) is 7.50. The van der Waals surface area contributed by atoms with Gasteiger partial charge in [-0.2, -0.15) is 10.5 Å². The Hall–Kier alpha value is -1.83. The van der Waals surface area contributed by atoms with E-state index < -0.39 is 15.0 Å². The van der Waals surface area contributed by atoms with E-state index in [2.05, 4.69) is 26.0 Å². The summed E-state index contributed by atoms with van der Waals surface area (Å²) in [5.41, 5.74) is 5.21. The van der Waals surface area contributed by atoms with E-state index in [0.29, 0.717) is 11.6 Å². The quantitative estimate of drug-likeness (QED) is 0.420. The monoisotopic (exact) mass is 428 g/mol. The second kappa shape index (κ2) is 8.50. The van der Waals surface area contributed by atoms with Crippen LogP contribution in [-0.2, 0) is 0 Å². The summed E-state index contributed by atoms with van der Waals surface area (Å²) >= 11 is 3.38. The SMILES string of the molecule is CCCCSC1(SCCCC)N=C(N)C2(C#N)C(c3ccccc3OC)C12C#N. The van der Waals surface area contributed by atoms with E-state index in [9.17, 15) is 10.5 Å². The summed E-state index contributed by atoms with van der Waals surface area (Å²) in [6, 6.07) is 12.6. The van der Waals surface area contributed by atoms with E-state index in [-0.39, 0.29) is 5.92 Å². The summed E-state index contributed by atoms with van der Waals surface area (Å²) in [6.45, 7) is 4.30. The number of nitriles is 2. The first-order valence-electron chi connectivity index (χ1n) is 10.1. The van der Waals surface area contributed by atoms with E-state index >= 15 is 0 Å². The lowest BCUT2D eigenvalue weighted by Gasteiger charge is -2.32. The Balaban J connectivity index is 2.13. The highest BCUT2D eigenvalue weighted by atomic mass is 32.2. The first kappa shape index (κ1) is 21.9. The van der Waals surface area contributed by atoms with Gasteiger partial charge in [-0.1, -0.05) is 44.9 Å². The van der Waals surface area contributed by atoms with Crippen molar-refractivity contribution in [1.82, 2.24) is 0 Å². The van der Waals surface area contributed by atoms with Crippen LogP contribution in [0.5, 0.6) is 5.75 Å². The molecular formula is C22H28N4OS2. The maximum absolute atomic E-state index is 10.5. The van der Waals surface area contributed by atoms with Crippen LogP contribution in [0, 0.1) is 33.5 Å². The van der Waals surface area contributed by atoms with E-state index in [4.69, 9.17) is 15.5 Å². The Bertz CT molecular complexity index is 864. The van der Waals surface area contributed by atoms with Crippen molar-refractivity contribution in [2.24, 2.45) is 21.6 Å². The van der Waals surface area contributed by atoms with E-state index in [1.807, 2.05) is 24.3 Å². The number of rotatable bonds is 10. The number of para-hydroxylation sites is 1. The fourth-order valence-corrected chi connectivity index (χ4v) is 8.12. The number of hydrogen-bond donors (Lipinski definition) is 1. The van der Waals surface area contributed by atoms with E-state index in [1.54, 1.807) is 30.6 Å². The molecule has 2 N–H and O–H groups in total. The molecule has 29 heavy (non-hydrogen) atoms. The molecule has 0 spiro atoms. The fraction of sp³-hybridized carbons (Fsp3) is 0.591. The zero-order chi connectivity index (χ0) is 21.1. The number of fused-ring (bicyclic) bond motifs is 1. The van der Waals surface area contributed by atoms with Gasteiger partial charge in [-0.3, -0.25) is 0 Å². The number of benzene rings is 1. The fourth-order valence-electron chi connectivity index (χ4n) is 4.44. The summed E-state index contributed by atoms with van der Waals surface area (Å²) in [6.07, 6.45) is 4.22. The van der Waals surface area contributed by atoms with Gasteiger partial charge in [-0.25, -0.2) is 4.99 Å². The molecule has 2 aliphatic rings. The van der Waals surface area contributed by atoms with Crippen LogP contribution in [0.4, 0.5) is 0 Å². The van der Waals surface area contributed by atoms with E-state index in [1.165, 1.54) is 0 Å². The van der Waals surface area contributed by atoms with Crippen molar-refractivity contribution in [2.75, 3.05) is 18.6 Å². The molecular weight excluding hydrogens is 400 g/mol. The molecule has 3 rings (SSSR count). The molecule has 1 aromatic rings. The van der Waals surface area contributed by atoms with Gasteiger partial charge in [-0.15, -0.1) is 23.5 Å². The molecule has 1 saturated carbocycles. The van der Waals surface area contributed by atoms with Crippen LogP contribution in [-0.4, -0.2) is 28.7 Å². The number of nitrogens with two attached hydrogens (primary N) is 1. The Morgan fingerprint density at radius 2 is 1.72 bits per heavy atom. The lowest BCUT2D eigenvalue weighted by molar-refractivity contribution is 0.407. The second-order valence-corrected chi connectivity index (χ2v) is 10.3. The summed E-state index contributed by atoms with van der Waals surface area (Å²) in [5, 5.41) is 20.8. The maximum atomic E-state index is 10.5. The molecule has 1 heterocycles. The minimum atomic E-state index is -1.10. The molecule has 1 fully saturated rings. The standard InChI is InChI=1S/C22H28N4OS2/c1-4-6-12-28-22(29-13-7-5-2)21(15-24)18(20(21,14-23)19(25)26-22)16-10-8-9-11-17(16)27-3/h8-11,18H,4-7,12-13H2,1-3H3,(H2,25,26). The Morgan fingerprint density at radius 1 is 1.10 bits per heavy atom. The van der Waals surface area contributed by atoms with E-state index in [0.717, 1.165) is 42.8 Å². The summed E-state index contributed by atoms with van der Waals surface area (Å²) in [7, 11) is 1.62. The lowest BCUT2D eigenvalue weighted by atomic mass is 9.97. The first-order chi connectivity index (χ1) is 14.0. The predicted octanol–water partition coefficient (Wildman–Crippen LogP) is 4.90. The van der Waals surface area contributed by atoms with Crippen molar-refractivity contribution in [3.63, 3.8) is 0 Å². The summed E-state index contributed by atoms with van der Waals surface area (Å²) in [5.74, 6) is 2.41. The van der Waals surface area contributed by atoms with Gasteiger partial charge in [0.15, 0.2) is 4.20 Å². The molecule has 0 saturated heterocycles. The van der Waals surface area contributed by atoms with Crippen LogP contribution in [0.2, 0.25) is 0 Å².